The summed E-state index contributed by atoms with van der Waals surface area (Å²) in [6.45, 7) is 2.11. The number of methoxy groups -OCH3 is 2. The summed E-state index contributed by atoms with van der Waals surface area (Å²) in [4.78, 5) is 13.8. The van der Waals surface area contributed by atoms with Gasteiger partial charge in [0.2, 0.25) is 0 Å². The molecule has 0 N–H and O–H groups in total. The molecule has 1 aromatic rings. The summed E-state index contributed by atoms with van der Waals surface area (Å²) in [7, 11) is 6.82. The summed E-state index contributed by atoms with van der Waals surface area (Å²) in [5.74, 6) is 0.816. The lowest BCUT2D eigenvalue weighted by atomic mass is 10.1. The third-order valence-corrected chi connectivity index (χ3v) is 2.58. The summed E-state index contributed by atoms with van der Waals surface area (Å²) in [5.41, 5.74) is 1.19. The zero-order valence-corrected chi connectivity index (χ0v) is 12.6. The summed E-state index contributed by atoms with van der Waals surface area (Å²) >= 11 is 0. The van der Waals surface area contributed by atoms with Gasteiger partial charge < -0.3 is 19.1 Å². The Hall–Kier alpha value is -2.17. The van der Waals surface area contributed by atoms with E-state index in [1.807, 2.05) is 14.1 Å². The van der Waals surface area contributed by atoms with Crippen LogP contribution in [0, 0.1) is 0 Å². The third kappa shape index (κ3) is 3.91. The van der Waals surface area contributed by atoms with Gasteiger partial charge in [-0.3, -0.25) is 0 Å². The van der Waals surface area contributed by atoms with Crippen LogP contribution < -0.4 is 9.47 Å². The topological polar surface area (TPSA) is 48.0 Å². The van der Waals surface area contributed by atoms with Gasteiger partial charge in [0.05, 0.1) is 26.4 Å². The molecule has 0 bridgehead atoms. The Balaban J connectivity index is 3.24. The van der Waals surface area contributed by atoms with Crippen LogP contribution in [-0.4, -0.2) is 45.8 Å². The molecule has 0 atom stereocenters. The number of hydrogen-bond donors (Lipinski definition) is 0. The summed E-state index contributed by atoms with van der Waals surface area (Å²) < 4.78 is 15.5. The average Bonchev–Trinajstić information content (AvgIpc) is 2.44. The summed E-state index contributed by atoms with van der Waals surface area (Å²) in [5, 5.41) is 0. The van der Waals surface area contributed by atoms with Gasteiger partial charge in [0.25, 0.3) is 0 Å². The summed E-state index contributed by atoms with van der Waals surface area (Å²) in [6, 6.07) is 5.32. The lowest BCUT2D eigenvalue weighted by molar-refractivity contribution is -0.136. The van der Waals surface area contributed by atoms with Crippen LogP contribution in [0.25, 0.3) is 5.57 Å². The normalized spacial score (nSPS) is 10.9. The number of esters is 1. The molecule has 110 valence electrons. The van der Waals surface area contributed by atoms with Crippen LogP contribution in [0.5, 0.6) is 11.5 Å². The third-order valence-electron chi connectivity index (χ3n) is 2.58. The maximum Gasteiger partial charge on any atom is 0.340 e. The molecule has 20 heavy (non-hydrogen) atoms. The quantitative estimate of drug-likeness (QED) is 0.590. The average molecular weight is 279 g/mol. The Morgan fingerprint density at radius 1 is 1.20 bits per heavy atom. The molecule has 0 fully saturated rings. The lowest BCUT2D eigenvalue weighted by Crippen LogP contribution is -2.11. The van der Waals surface area contributed by atoms with Crippen LogP contribution in [0.3, 0.4) is 0 Å². The number of hydrogen-bond acceptors (Lipinski definition) is 5. The number of rotatable bonds is 6. The smallest absolute Gasteiger partial charge is 0.340 e. The highest BCUT2D eigenvalue weighted by Gasteiger charge is 2.16. The van der Waals surface area contributed by atoms with Crippen LogP contribution in [0.1, 0.15) is 12.5 Å². The van der Waals surface area contributed by atoms with Gasteiger partial charge in [-0.15, -0.1) is 0 Å². The van der Waals surface area contributed by atoms with Crippen molar-refractivity contribution in [3.63, 3.8) is 0 Å². The molecule has 0 spiro atoms. The number of carbonyl (C=O) groups is 1. The first kappa shape index (κ1) is 15.9. The van der Waals surface area contributed by atoms with Gasteiger partial charge in [-0.1, -0.05) is 6.07 Å². The Kier molecular flexibility index (Phi) is 5.90. The van der Waals surface area contributed by atoms with Crippen molar-refractivity contribution in [1.29, 1.82) is 0 Å². The Bertz CT molecular complexity index is 495. The van der Waals surface area contributed by atoms with E-state index in [1.165, 1.54) is 0 Å². The van der Waals surface area contributed by atoms with Crippen molar-refractivity contribution in [1.82, 2.24) is 4.90 Å². The molecule has 5 heteroatoms. The van der Waals surface area contributed by atoms with Gasteiger partial charge in [-0.05, 0) is 24.6 Å². The largest absolute Gasteiger partial charge is 0.493 e. The van der Waals surface area contributed by atoms with Crippen molar-refractivity contribution < 1.29 is 19.0 Å². The van der Waals surface area contributed by atoms with Crippen LogP contribution >= 0.6 is 0 Å². The molecule has 0 aliphatic carbocycles. The van der Waals surface area contributed by atoms with Crippen molar-refractivity contribution in [3.05, 3.63) is 30.0 Å². The van der Waals surface area contributed by atoms with E-state index in [2.05, 4.69) is 0 Å². The molecule has 0 amide bonds. The Labute approximate surface area is 119 Å². The highest BCUT2D eigenvalue weighted by atomic mass is 16.5. The van der Waals surface area contributed by atoms with Gasteiger partial charge in [0.1, 0.15) is 0 Å². The van der Waals surface area contributed by atoms with Gasteiger partial charge in [0.15, 0.2) is 11.5 Å². The molecule has 0 heterocycles. The van der Waals surface area contributed by atoms with Gasteiger partial charge in [-0.2, -0.15) is 0 Å². The van der Waals surface area contributed by atoms with E-state index in [1.54, 1.807) is 50.4 Å². The SMILES string of the molecule is CCOC(=O)/C(=C\N(C)C)c1ccc(OC)c(OC)c1. The van der Waals surface area contributed by atoms with E-state index in [0.717, 1.165) is 5.56 Å². The minimum atomic E-state index is -0.367. The molecule has 0 saturated carbocycles. The standard InChI is InChI=1S/C15H21NO4/c1-6-20-15(17)12(10-16(2)3)11-7-8-13(18-4)14(9-11)19-5/h7-10H,6H2,1-5H3/b12-10-. The molecule has 0 saturated heterocycles. The monoisotopic (exact) mass is 279 g/mol. The maximum absolute atomic E-state index is 12.0. The first-order chi connectivity index (χ1) is 9.53. The Morgan fingerprint density at radius 3 is 2.35 bits per heavy atom. The minimum Gasteiger partial charge on any atom is -0.493 e. The zero-order valence-electron chi connectivity index (χ0n) is 12.6. The molecule has 1 rings (SSSR count). The highest BCUT2D eigenvalue weighted by molar-refractivity contribution is 6.16. The van der Waals surface area contributed by atoms with E-state index in [4.69, 9.17) is 14.2 Å². The predicted octanol–water partition coefficient (Wildman–Crippen LogP) is 2.17. The molecular weight excluding hydrogens is 258 g/mol. The second-order valence-corrected chi connectivity index (χ2v) is 4.30. The molecule has 0 unspecified atom stereocenters. The molecule has 1 aromatic carbocycles. The fourth-order valence-electron chi connectivity index (χ4n) is 1.72. The molecule has 0 aliphatic heterocycles. The highest BCUT2D eigenvalue weighted by Crippen LogP contribution is 2.30. The van der Waals surface area contributed by atoms with Crippen molar-refractivity contribution in [3.8, 4) is 11.5 Å². The molecule has 0 aromatic heterocycles. The Morgan fingerprint density at radius 2 is 1.85 bits per heavy atom. The van der Waals surface area contributed by atoms with E-state index in [-0.39, 0.29) is 5.97 Å². The maximum atomic E-state index is 12.0. The zero-order chi connectivity index (χ0) is 15.1. The van der Waals surface area contributed by atoms with E-state index < -0.39 is 0 Å². The first-order valence-electron chi connectivity index (χ1n) is 6.31. The van der Waals surface area contributed by atoms with Crippen molar-refractivity contribution >= 4 is 11.5 Å². The summed E-state index contributed by atoms with van der Waals surface area (Å²) in [6.07, 6.45) is 1.72. The molecule has 5 nitrogen and oxygen atoms in total. The fraction of sp³-hybridized carbons (Fsp3) is 0.400. The van der Waals surface area contributed by atoms with Crippen molar-refractivity contribution in [2.24, 2.45) is 0 Å². The number of nitrogens with zero attached hydrogens (tertiary/aromatic N) is 1. The van der Waals surface area contributed by atoms with Crippen LogP contribution in [0.15, 0.2) is 24.4 Å². The van der Waals surface area contributed by atoms with Crippen LogP contribution in [-0.2, 0) is 9.53 Å². The van der Waals surface area contributed by atoms with Gasteiger partial charge in [0, 0.05) is 20.3 Å². The number of ether oxygens (including phenoxy) is 3. The van der Waals surface area contributed by atoms with Gasteiger partial charge >= 0.3 is 5.97 Å². The predicted molar refractivity (Wildman–Crippen MR) is 77.8 cm³/mol. The first-order valence-corrected chi connectivity index (χ1v) is 6.31. The molecule has 0 radical (unpaired) electrons. The number of benzene rings is 1. The van der Waals surface area contributed by atoms with E-state index >= 15 is 0 Å². The second kappa shape index (κ2) is 7.43. The molecular formula is C15H21NO4. The van der Waals surface area contributed by atoms with Crippen molar-refractivity contribution in [2.45, 2.75) is 6.92 Å². The van der Waals surface area contributed by atoms with Crippen LogP contribution in [0.4, 0.5) is 0 Å². The van der Waals surface area contributed by atoms with Crippen molar-refractivity contribution in [2.75, 3.05) is 34.9 Å². The second-order valence-electron chi connectivity index (χ2n) is 4.30. The fourth-order valence-corrected chi connectivity index (χ4v) is 1.72. The van der Waals surface area contributed by atoms with Crippen LogP contribution in [0.2, 0.25) is 0 Å². The molecule has 0 aliphatic rings. The number of carbonyl (C=O) groups excluding carboxylic acids is 1. The van der Waals surface area contributed by atoms with Gasteiger partial charge in [-0.25, -0.2) is 4.79 Å². The van der Waals surface area contributed by atoms with E-state index in [9.17, 15) is 4.79 Å². The lowest BCUT2D eigenvalue weighted by Gasteiger charge is -2.14. The van der Waals surface area contributed by atoms with E-state index in [0.29, 0.717) is 23.7 Å². The minimum absolute atomic E-state index is 0.330.